The van der Waals surface area contributed by atoms with Gasteiger partial charge in [-0.3, -0.25) is 4.72 Å². The van der Waals surface area contributed by atoms with E-state index in [1.54, 1.807) is 30.3 Å². The van der Waals surface area contributed by atoms with E-state index in [2.05, 4.69) is 9.71 Å². The molecular formula is C18H17N2O6S-. The largest absolute Gasteiger partial charge is 0.543 e. The number of H-pyrrole nitrogens is 1. The smallest absolute Gasteiger partial charge is 0.237 e. The summed E-state index contributed by atoms with van der Waals surface area (Å²) in [5.41, 5.74) is 0.446. The molecule has 0 aliphatic heterocycles. The highest BCUT2D eigenvalue weighted by Crippen LogP contribution is 2.37. The zero-order valence-electron chi connectivity index (χ0n) is 14.6. The summed E-state index contributed by atoms with van der Waals surface area (Å²) in [5, 5.41) is 11.8. The Hall–Kier alpha value is -3.20. The summed E-state index contributed by atoms with van der Waals surface area (Å²) >= 11 is 0. The standard InChI is InChI=1S/C18H18N2O6S/c1-25-14-8-12-13(9-15(14)26-2)19-17(18(21)22)16(12)20-27(23,24)10-11-6-4-3-5-7-11/h3-9,19-20H,10H2,1-2H3,(H,21,22)/p-1. The van der Waals surface area contributed by atoms with Crippen molar-refractivity contribution in [2.75, 3.05) is 18.9 Å². The summed E-state index contributed by atoms with van der Waals surface area (Å²) in [6, 6.07) is 11.6. The fourth-order valence-electron chi connectivity index (χ4n) is 2.77. The summed E-state index contributed by atoms with van der Waals surface area (Å²) in [7, 11) is -1.01. The van der Waals surface area contributed by atoms with Crippen molar-refractivity contribution < 1.29 is 27.8 Å². The van der Waals surface area contributed by atoms with Gasteiger partial charge in [-0.05, 0) is 11.6 Å². The van der Waals surface area contributed by atoms with Gasteiger partial charge in [0.2, 0.25) is 10.0 Å². The predicted molar refractivity (Wildman–Crippen MR) is 98.4 cm³/mol. The van der Waals surface area contributed by atoms with E-state index in [9.17, 15) is 18.3 Å². The van der Waals surface area contributed by atoms with E-state index in [4.69, 9.17) is 9.47 Å². The molecule has 0 saturated heterocycles. The number of hydrogen-bond acceptors (Lipinski definition) is 6. The highest BCUT2D eigenvalue weighted by Gasteiger charge is 2.21. The Balaban J connectivity index is 2.08. The summed E-state index contributed by atoms with van der Waals surface area (Å²) in [6.45, 7) is 0. The first kappa shape index (κ1) is 18.6. The number of aromatic amines is 1. The number of nitrogens with one attached hydrogen (secondary N) is 2. The molecule has 9 heteroatoms. The van der Waals surface area contributed by atoms with Gasteiger partial charge in [-0.15, -0.1) is 0 Å². The third-order valence-electron chi connectivity index (χ3n) is 3.96. The van der Waals surface area contributed by atoms with Crippen LogP contribution in [0.4, 0.5) is 5.69 Å². The first-order chi connectivity index (χ1) is 12.8. The minimum atomic E-state index is -3.87. The number of carboxylic acids is 1. The van der Waals surface area contributed by atoms with E-state index in [1.807, 2.05) is 0 Å². The van der Waals surface area contributed by atoms with Crippen LogP contribution in [0, 0.1) is 0 Å². The summed E-state index contributed by atoms with van der Waals surface area (Å²) < 4.78 is 37.9. The number of fused-ring (bicyclic) bond motifs is 1. The molecule has 3 rings (SSSR count). The molecule has 0 aliphatic carbocycles. The Labute approximate surface area is 155 Å². The van der Waals surface area contributed by atoms with Crippen LogP contribution >= 0.6 is 0 Å². The first-order valence-electron chi connectivity index (χ1n) is 7.88. The van der Waals surface area contributed by atoms with Crippen molar-refractivity contribution in [2.45, 2.75) is 5.75 Å². The van der Waals surface area contributed by atoms with Gasteiger partial charge in [0.15, 0.2) is 11.5 Å². The number of benzene rings is 2. The van der Waals surface area contributed by atoms with Crippen molar-refractivity contribution in [3.05, 3.63) is 53.7 Å². The quantitative estimate of drug-likeness (QED) is 0.632. The molecule has 0 bridgehead atoms. The molecule has 0 fully saturated rings. The molecule has 0 aliphatic rings. The number of carbonyl (C=O) groups is 1. The highest BCUT2D eigenvalue weighted by molar-refractivity contribution is 7.92. The van der Waals surface area contributed by atoms with Gasteiger partial charge in [0.05, 0.1) is 42.8 Å². The maximum atomic E-state index is 12.6. The number of methoxy groups -OCH3 is 2. The van der Waals surface area contributed by atoms with Gasteiger partial charge in [-0.1, -0.05) is 30.3 Å². The molecule has 1 heterocycles. The number of carbonyl (C=O) groups excluding carboxylic acids is 1. The maximum absolute atomic E-state index is 12.6. The van der Waals surface area contributed by atoms with Crippen LogP contribution in [0.15, 0.2) is 42.5 Å². The number of rotatable bonds is 7. The van der Waals surface area contributed by atoms with Crippen molar-refractivity contribution in [2.24, 2.45) is 0 Å². The van der Waals surface area contributed by atoms with E-state index in [0.29, 0.717) is 28.0 Å². The van der Waals surface area contributed by atoms with Crippen molar-refractivity contribution >= 4 is 32.6 Å². The second kappa shape index (κ2) is 7.20. The van der Waals surface area contributed by atoms with Gasteiger partial charge < -0.3 is 24.4 Å². The number of sulfonamides is 1. The molecule has 0 spiro atoms. The third-order valence-corrected chi connectivity index (χ3v) is 5.19. The molecule has 2 N–H and O–H groups in total. The molecule has 0 saturated carbocycles. The van der Waals surface area contributed by atoms with Crippen LogP contribution in [0.3, 0.4) is 0 Å². The van der Waals surface area contributed by atoms with Crippen LogP contribution in [0.1, 0.15) is 16.1 Å². The van der Waals surface area contributed by atoms with Crippen LogP contribution < -0.4 is 19.3 Å². The Morgan fingerprint density at radius 3 is 2.33 bits per heavy atom. The van der Waals surface area contributed by atoms with Gasteiger partial charge in [0.1, 0.15) is 0 Å². The van der Waals surface area contributed by atoms with Gasteiger partial charge >= 0.3 is 0 Å². The van der Waals surface area contributed by atoms with Gasteiger partial charge in [-0.2, -0.15) is 0 Å². The Morgan fingerprint density at radius 1 is 1.11 bits per heavy atom. The highest BCUT2D eigenvalue weighted by atomic mass is 32.2. The van der Waals surface area contributed by atoms with Crippen LogP contribution in [-0.2, 0) is 15.8 Å². The first-order valence-corrected chi connectivity index (χ1v) is 9.53. The number of aromatic nitrogens is 1. The molecule has 0 radical (unpaired) electrons. The number of hydrogen-bond donors (Lipinski definition) is 2. The lowest BCUT2D eigenvalue weighted by Crippen LogP contribution is -2.25. The summed E-state index contributed by atoms with van der Waals surface area (Å²) in [5.74, 6) is -1.14. The van der Waals surface area contributed by atoms with Crippen molar-refractivity contribution in [3.63, 3.8) is 0 Å². The van der Waals surface area contributed by atoms with E-state index in [-0.39, 0.29) is 17.1 Å². The lowest BCUT2D eigenvalue weighted by Gasteiger charge is -2.11. The molecule has 2 aromatic carbocycles. The molecule has 0 atom stereocenters. The lowest BCUT2D eigenvalue weighted by molar-refractivity contribution is -0.255. The Kier molecular flexibility index (Phi) is 4.95. The van der Waals surface area contributed by atoms with Crippen LogP contribution in [0.2, 0.25) is 0 Å². The topological polar surface area (TPSA) is 121 Å². The van der Waals surface area contributed by atoms with Crippen molar-refractivity contribution in [1.82, 2.24) is 4.98 Å². The maximum Gasteiger partial charge on any atom is 0.237 e. The van der Waals surface area contributed by atoms with Crippen LogP contribution in [0.25, 0.3) is 10.9 Å². The zero-order chi connectivity index (χ0) is 19.6. The Morgan fingerprint density at radius 2 is 1.74 bits per heavy atom. The molecular weight excluding hydrogens is 372 g/mol. The molecule has 0 unspecified atom stereocenters. The zero-order valence-corrected chi connectivity index (χ0v) is 15.4. The molecule has 3 aromatic rings. The molecule has 27 heavy (non-hydrogen) atoms. The number of carboxylic acid groups (broad SMARTS) is 1. The lowest BCUT2D eigenvalue weighted by atomic mass is 10.2. The van der Waals surface area contributed by atoms with Gasteiger partial charge in [0.25, 0.3) is 0 Å². The average Bonchev–Trinajstić information content (AvgIpc) is 2.98. The third kappa shape index (κ3) is 3.82. The Bertz CT molecular complexity index is 1090. The van der Waals surface area contributed by atoms with Crippen LogP contribution in [0.5, 0.6) is 11.5 Å². The summed E-state index contributed by atoms with van der Waals surface area (Å²) in [4.78, 5) is 14.2. The normalized spacial score (nSPS) is 11.3. The SMILES string of the molecule is COc1cc2[nH]c(C(=O)[O-])c(NS(=O)(=O)Cc3ccccc3)c2cc1OC. The van der Waals surface area contributed by atoms with E-state index in [1.165, 1.54) is 26.4 Å². The van der Waals surface area contributed by atoms with E-state index in [0.717, 1.165) is 0 Å². The fourth-order valence-corrected chi connectivity index (χ4v) is 3.99. The average molecular weight is 389 g/mol. The van der Waals surface area contributed by atoms with Crippen molar-refractivity contribution in [1.29, 1.82) is 0 Å². The molecule has 142 valence electrons. The predicted octanol–water partition coefficient (Wildman–Crippen LogP) is 1.49. The van der Waals surface area contributed by atoms with E-state index < -0.39 is 16.0 Å². The number of aromatic carboxylic acids is 1. The number of anilines is 1. The molecule has 1 aromatic heterocycles. The fraction of sp³-hybridized carbons (Fsp3) is 0.167. The molecule has 8 nitrogen and oxygen atoms in total. The molecule has 0 amide bonds. The summed E-state index contributed by atoms with van der Waals surface area (Å²) in [6.07, 6.45) is 0. The van der Waals surface area contributed by atoms with Crippen LogP contribution in [-0.4, -0.2) is 33.6 Å². The second-order valence-electron chi connectivity index (χ2n) is 5.76. The van der Waals surface area contributed by atoms with Gasteiger partial charge in [0, 0.05) is 11.5 Å². The minimum absolute atomic E-state index is 0.109. The second-order valence-corrected chi connectivity index (χ2v) is 7.48. The van der Waals surface area contributed by atoms with Gasteiger partial charge in [-0.25, -0.2) is 8.42 Å². The van der Waals surface area contributed by atoms with E-state index >= 15 is 0 Å². The number of ether oxygens (including phenoxy) is 2. The monoisotopic (exact) mass is 389 g/mol. The minimum Gasteiger partial charge on any atom is -0.543 e. The van der Waals surface area contributed by atoms with Crippen molar-refractivity contribution in [3.8, 4) is 11.5 Å².